The number of imidazole rings is 1. The Morgan fingerprint density at radius 2 is 1.86 bits per heavy atom. The van der Waals surface area contributed by atoms with Gasteiger partial charge in [0.1, 0.15) is 11.3 Å². The van der Waals surface area contributed by atoms with Gasteiger partial charge in [0.05, 0.1) is 5.56 Å². The maximum absolute atomic E-state index is 13.5. The topological polar surface area (TPSA) is 102 Å². The highest BCUT2D eigenvalue weighted by atomic mass is 19.3. The van der Waals surface area contributed by atoms with E-state index in [-0.39, 0.29) is 24.7 Å². The monoisotopic (exact) mass is 585 g/mol. The van der Waals surface area contributed by atoms with Gasteiger partial charge in [0.25, 0.3) is 0 Å². The number of alkyl halides is 2. The van der Waals surface area contributed by atoms with Gasteiger partial charge in [0, 0.05) is 55.5 Å². The van der Waals surface area contributed by atoms with Crippen LogP contribution in [0, 0.1) is 0 Å². The largest absolute Gasteiger partial charge is 0.383 e. The van der Waals surface area contributed by atoms with Crippen molar-refractivity contribution in [3.05, 3.63) is 78.1 Å². The number of rotatable bonds is 5. The maximum Gasteiger partial charge on any atom is 0.249 e. The minimum Gasteiger partial charge on any atom is -0.383 e. The fourth-order valence-electron chi connectivity index (χ4n) is 6.32. The summed E-state index contributed by atoms with van der Waals surface area (Å²) < 4.78 is 28.9. The van der Waals surface area contributed by atoms with E-state index >= 15 is 0 Å². The van der Waals surface area contributed by atoms with Crippen molar-refractivity contribution in [3.8, 4) is 17.1 Å². The molecule has 1 aliphatic heterocycles. The Morgan fingerprint density at radius 1 is 1.09 bits per heavy atom. The molecule has 1 amide bonds. The van der Waals surface area contributed by atoms with Gasteiger partial charge in [-0.15, -0.1) is 0 Å². The smallest absolute Gasteiger partial charge is 0.249 e. The van der Waals surface area contributed by atoms with Gasteiger partial charge in [-0.3, -0.25) is 9.36 Å². The van der Waals surface area contributed by atoms with E-state index in [2.05, 4.69) is 35.1 Å². The second kappa shape index (κ2) is 11.8. The lowest BCUT2D eigenvalue weighted by Gasteiger charge is -2.34. The lowest BCUT2D eigenvalue weighted by atomic mass is 9.79. The van der Waals surface area contributed by atoms with E-state index in [9.17, 15) is 13.6 Å². The number of fused-ring (bicyclic) bond motifs is 2. The summed E-state index contributed by atoms with van der Waals surface area (Å²) in [6.45, 7) is 5.18. The number of hydrogen-bond donors (Lipinski definition) is 2. The minimum absolute atomic E-state index is 0.0598. The molecular formula is C33H37F2N7O. The molecule has 43 heavy (non-hydrogen) atoms. The van der Waals surface area contributed by atoms with Crippen molar-refractivity contribution in [1.82, 2.24) is 29.7 Å². The number of hydrogen-bond acceptors (Lipinski definition) is 6. The Labute approximate surface area is 250 Å². The molecule has 0 spiro atoms. The fourth-order valence-corrected chi connectivity index (χ4v) is 6.32. The number of nitrogens with one attached hydrogen (secondary N) is 1. The number of benzene rings is 1. The molecule has 8 nitrogen and oxygen atoms in total. The van der Waals surface area contributed by atoms with Crippen molar-refractivity contribution in [2.75, 3.05) is 25.9 Å². The van der Waals surface area contributed by atoms with Gasteiger partial charge in [-0.25, -0.2) is 23.7 Å². The van der Waals surface area contributed by atoms with E-state index in [0.717, 1.165) is 56.4 Å². The van der Waals surface area contributed by atoms with Crippen LogP contribution >= 0.6 is 0 Å². The van der Waals surface area contributed by atoms with Crippen LogP contribution in [0.15, 0.2) is 61.3 Å². The van der Waals surface area contributed by atoms with E-state index in [1.165, 1.54) is 17.2 Å². The van der Waals surface area contributed by atoms with Crippen LogP contribution in [0.25, 0.3) is 28.2 Å². The van der Waals surface area contributed by atoms with Gasteiger partial charge in [-0.2, -0.15) is 0 Å². The van der Waals surface area contributed by atoms with Gasteiger partial charge < -0.3 is 16.0 Å². The second-order valence-electron chi connectivity index (χ2n) is 11.6. The predicted molar refractivity (Wildman–Crippen MR) is 164 cm³/mol. The summed E-state index contributed by atoms with van der Waals surface area (Å²) in [6, 6.07) is 14.4. The Bertz CT molecular complexity index is 1650. The molecule has 1 aromatic carbocycles. The van der Waals surface area contributed by atoms with Crippen LogP contribution in [0.5, 0.6) is 0 Å². The molecule has 4 heterocycles. The summed E-state index contributed by atoms with van der Waals surface area (Å²) in [5.74, 6) is -1.71. The maximum atomic E-state index is 13.5. The molecule has 3 aliphatic rings. The molecule has 1 saturated carbocycles. The van der Waals surface area contributed by atoms with Crippen LogP contribution in [-0.2, 0) is 17.6 Å². The number of nitrogen functional groups attached to an aromatic ring is 1. The first-order valence-electron chi connectivity index (χ1n) is 14.9. The van der Waals surface area contributed by atoms with E-state index in [4.69, 9.17) is 15.7 Å². The summed E-state index contributed by atoms with van der Waals surface area (Å²) in [5, 5.41) is 3.22. The Kier molecular flexibility index (Phi) is 7.96. The quantitative estimate of drug-likeness (QED) is 0.302. The van der Waals surface area contributed by atoms with Crippen LogP contribution in [0.3, 0.4) is 0 Å². The number of carbonyl (C=O) groups excluding carboxylic acids is 1. The molecule has 10 heteroatoms. The number of aryl methyl sites for hydroxylation is 2. The SMILES string of the molecule is C=CC(=O)N1CCC(NC)CC1.Nc1ncccc1-c1nc2ccc(C3CC(F)(F)C3)nc2n1-c1ccc2c(c1)CCC2. The summed E-state index contributed by atoms with van der Waals surface area (Å²) in [5.41, 5.74) is 12.6. The minimum atomic E-state index is -2.59. The van der Waals surface area contributed by atoms with Crippen molar-refractivity contribution < 1.29 is 13.6 Å². The number of anilines is 1. The number of nitrogens with zero attached hydrogens (tertiary/aromatic N) is 5. The zero-order chi connectivity index (χ0) is 30.1. The van der Waals surface area contributed by atoms with Crippen molar-refractivity contribution in [3.63, 3.8) is 0 Å². The number of halogens is 2. The van der Waals surface area contributed by atoms with Crippen LogP contribution in [-0.4, -0.2) is 62.4 Å². The normalized spacial score (nSPS) is 18.1. The van der Waals surface area contributed by atoms with Crippen LogP contribution in [0.2, 0.25) is 0 Å². The van der Waals surface area contributed by atoms with Crippen LogP contribution in [0.4, 0.5) is 14.6 Å². The molecule has 4 aromatic rings. The Morgan fingerprint density at radius 3 is 2.56 bits per heavy atom. The highest BCUT2D eigenvalue weighted by Crippen LogP contribution is 2.48. The molecule has 0 radical (unpaired) electrons. The van der Waals surface area contributed by atoms with Crippen molar-refractivity contribution >= 4 is 22.9 Å². The van der Waals surface area contributed by atoms with Gasteiger partial charge in [0.15, 0.2) is 11.5 Å². The number of carbonyl (C=O) groups is 1. The van der Waals surface area contributed by atoms with Crippen molar-refractivity contribution in [1.29, 1.82) is 0 Å². The lowest BCUT2D eigenvalue weighted by Crippen LogP contribution is -2.43. The summed E-state index contributed by atoms with van der Waals surface area (Å²) in [6.07, 6.45) is 8.14. The van der Waals surface area contributed by atoms with Gasteiger partial charge in [-0.1, -0.05) is 12.6 Å². The lowest BCUT2D eigenvalue weighted by molar-refractivity contribution is -0.127. The molecule has 2 fully saturated rings. The molecule has 2 aliphatic carbocycles. The van der Waals surface area contributed by atoms with E-state index in [0.29, 0.717) is 34.5 Å². The highest BCUT2D eigenvalue weighted by Gasteiger charge is 2.46. The third-order valence-corrected chi connectivity index (χ3v) is 8.84. The van der Waals surface area contributed by atoms with Crippen molar-refractivity contribution in [2.24, 2.45) is 0 Å². The van der Waals surface area contributed by atoms with Crippen molar-refractivity contribution in [2.45, 2.75) is 62.8 Å². The zero-order valence-electron chi connectivity index (χ0n) is 24.4. The van der Waals surface area contributed by atoms with E-state index < -0.39 is 5.92 Å². The number of pyridine rings is 2. The average Bonchev–Trinajstić information content (AvgIpc) is 3.64. The number of nitrogens with two attached hydrogens (primary N) is 1. The molecule has 7 rings (SSSR count). The predicted octanol–water partition coefficient (Wildman–Crippen LogP) is 5.45. The summed E-state index contributed by atoms with van der Waals surface area (Å²) in [4.78, 5) is 26.9. The van der Waals surface area contributed by atoms with Gasteiger partial charge in [0.2, 0.25) is 11.8 Å². The summed E-state index contributed by atoms with van der Waals surface area (Å²) >= 11 is 0. The first kappa shape index (κ1) is 28.9. The number of aromatic nitrogens is 4. The van der Waals surface area contributed by atoms with E-state index in [1.807, 2.05) is 40.8 Å². The number of piperidine rings is 1. The second-order valence-corrected chi connectivity index (χ2v) is 11.6. The summed E-state index contributed by atoms with van der Waals surface area (Å²) in [7, 11) is 1.97. The molecule has 224 valence electrons. The molecule has 0 unspecified atom stereocenters. The first-order valence-corrected chi connectivity index (χ1v) is 14.9. The van der Waals surface area contributed by atoms with Crippen LogP contribution < -0.4 is 11.1 Å². The molecular weight excluding hydrogens is 548 g/mol. The number of amides is 1. The fraction of sp³-hybridized carbons (Fsp3) is 0.394. The Balaban J connectivity index is 0.000000232. The third-order valence-electron chi connectivity index (χ3n) is 8.84. The average molecular weight is 586 g/mol. The molecule has 3 aromatic heterocycles. The molecule has 0 atom stereocenters. The Hall–Kier alpha value is -4.18. The highest BCUT2D eigenvalue weighted by molar-refractivity contribution is 5.87. The van der Waals surface area contributed by atoms with Gasteiger partial charge >= 0.3 is 0 Å². The number of likely N-dealkylation sites (tertiary alicyclic amines) is 1. The first-order chi connectivity index (χ1) is 20.8. The third kappa shape index (κ3) is 5.88. The molecule has 3 N–H and O–H groups in total. The molecule has 0 bridgehead atoms. The molecule has 1 saturated heterocycles. The zero-order valence-corrected chi connectivity index (χ0v) is 24.4. The standard InChI is InChI=1S/C24H21F2N5.C9H16N2O/c25-24(26)12-16(13-24)19-8-9-20-23(29-19)31(17-7-6-14-3-1-4-15(14)11-17)22(30-20)18-5-2-10-28-21(18)27;1-3-9(12)11-6-4-8(10-2)5-7-11/h2,5-11,16H,1,3-4,12-13H2,(H2,27,28);3,8,10H,1,4-7H2,2H3. The van der Waals surface area contributed by atoms with Gasteiger partial charge in [-0.05, 0) is 92.8 Å². The van der Waals surface area contributed by atoms with Crippen LogP contribution in [0.1, 0.15) is 54.8 Å². The van der Waals surface area contributed by atoms with E-state index in [1.54, 1.807) is 6.20 Å².